The molecule has 3 rings (SSSR count). The molecule has 1 N–H and O–H groups in total. The Balaban J connectivity index is 1.52. The first kappa shape index (κ1) is 19.2. The SMILES string of the molecule is CC1CCC(OCC(=O)N(CC2CCNCC2)C2CCCCC2)CC1. The molecule has 4 nitrogen and oxygen atoms in total. The van der Waals surface area contributed by atoms with Crippen LogP contribution in [0.5, 0.6) is 0 Å². The summed E-state index contributed by atoms with van der Waals surface area (Å²) < 4.78 is 6.05. The van der Waals surface area contributed by atoms with Gasteiger partial charge in [0, 0.05) is 12.6 Å². The van der Waals surface area contributed by atoms with Crippen LogP contribution in [0.4, 0.5) is 0 Å². The first-order chi connectivity index (χ1) is 12.2. The number of hydrogen-bond acceptors (Lipinski definition) is 3. The fourth-order valence-electron chi connectivity index (χ4n) is 4.86. The van der Waals surface area contributed by atoms with Crippen molar-refractivity contribution in [3.05, 3.63) is 0 Å². The smallest absolute Gasteiger partial charge is 0.248 e. The fraction of sp³-hybridized carbons (Fsp3) is 0.952. The van der Waals surface area contributed by atoms with Gasteiger partial charge in [0.15, 0.2) is 0 Å². The van der Waals surface area contributed by atoms with Crippen LogP contribution in [0.15, 0.2) is 0 Å². The van der Waals surface area contributed by atoms with E-state index in [-0.39, 0.29) is 5.91 Å². The van der Waals surface area contributed by atoms with Crippen molar-refractivity contribution >= 4 is 5.91 Å². The third kappa shape index (κ3) is 5.96. The lowest BCUT2D eigenvalue weighted by atomic mass is 9.89. The van der Waals surface area contributed by atoms with Crippen molar-refractivity contribution < 1.29 is 9.53 Å². The van der Waals surface area contributed by atoms with Crippen molar-refractivity contribution in [3.63, 3.8) is 0 Å². The maximum atomic E-state index is 13.0. The van der Waals surface area contributed by atoms with E-state index < -0.39 is 0 Å². The molecule has 1 aliphatic heterocycles. The number of ether oxygens (including phenoxy) is 1. The molecule has 1 amide bonds. The maximum Gasteiger partial charge on any atom is 0.248 e. The van der Waals surface area contributed by atoms with Gasteiger partial charge in [0.25, 0.3) is 0 Å². The second-order valence-electron chi connectivity index (χ2n) is 8.72. The third-order valence-corrected chi connectivity index (χ3v) is 6.65. The van der Waals surface area contributed by atoms with Crippen molar-refractivity contribution in [2.24, 2.45) is 11.8 Å². The van der Waals surface area contributed by atoms with Crippen LogP contribution >= 0.6 is 0 Å². The monoisotopic (exact) mass is 350 g/mol. The van der Waals surface area contributed by atoms with Gasteiger partial charge in [-0.1, -0.05) is 26.2 Å². The molecule has 0 unspecified atom stereocenters. The summed E-state index contributed by atoms with van der Waals surface area (Å²) in [6.45, 7) is 5.80. The number of rotatable bonds is 6. The Bertz CT molecular complexity index is 395. The Morgan fingerprint density at radius 2 is 1.64 bits per heavy atom. The lowest BCUT2D eigenvalue weighted by Gasteiger charge is -2.38. The largest absolute Gasteiger partial charge is 0.368 e. The minimum absolute atomic E-state index is 0.254. The van der Waals surface area contributed by atoms with E-state index in [0.717, 1.165) is 38.4 Å². The quantitative estimate of drug-likeness (QED) is 0.793. The van der Waals surface area contributed by atoms with Crippen molar-refractivity contribution in [2.45, 2.75) is 89.7 Å². The molecule has 1 heterocycles. The number of nitrogens with zero attached hydrogens (tertiary/aromatic N) is 1. The van der Waals surface area contributed by atoms with Crippen LogP contribution in [0.25, 0.3) is 0 Å². The average Bonchev–Trinajstić information content (AvgIpc) is 2.67. The van der Waals surface area contributed by atoms with Gasteiger partial charge in [0.2, 0.25) is 5.91 Å². The molecule has 3 fully saturated rings. The highest BCUT2D eigenvalue weighted by Gasteiger charge is 2.29. The summed E-state index contributed by atoms with van der Waals surface area (Å²) in [6.07, 6.45) is 13.8. The Hall–Kier alpha value is -0.610. The van der Waals surface area contributed by atoms with Crippen molar-refractivity contribution in [3.8, 4) is 0 Å². The highest BCUT2D eigenvalue weighted by atomic mass is 16.5. The molecule has 0 aromatic heterocycles. The van der Waals surface area contributed by atoms with Gasteiger partial charge in [-0.25, -0.2) is 0 Å². The molecule has 0 bridgehead atoms. The zero-order valence-electron chi connectivity index (χ0n) is 16.2. The van der Waals surface area contributed by atoms with E-state index in [1.54, 1.807) is 0 Å². The van der Waals surface area contributed by atoms with Crippen LogP contribution in [0.3, 0.4) is 0 Å². The van der Waals surface area contributed by atoms with E-state index in [9.17, 15) is 4.79 Å². The van der Waals surface area contributed by atoms with Crippen LogP contribution < -0.4 is 5.32 Å². The van der Waals surface area contributed by atoms with Crippen molar-refractivity contribution in [1.29, 1.82) is 0 Å². The lowest BCUT2D eigenvalue weighted by Crippen LogP contribution is -2.47. The van der Waals surface area contributed by atoms with Gasteiger partial charge in [-0.15, -0.1) is 0 Å². The summed E-state index contributed by atoms with van der Waals surface area (Å²) in [5, 5.41) is 3.44. The van der Waals surface area contributed by atoms with E-state index in [1.165, 1.54) is 57.8 Å². The molecule has 1 saturated heterocycles. The minimum atomic E-state index is 0.254. The van der Waals surface area contributed by atoms with Crippen LogP contribution in [0.2, 0.25) is 0 Å². The predicted molar refractivity (Wildman–Crippen MR) is 102 cm³/mol. The first-order valence-corrected chi connectivity index (χ1v) is 10.8. The van der Waals surface area contributed by atoms with E-state index in [0.29, 0.717) is 24.7 Å². The molecule has 0 radical (unpaired) electrons. The molecule has 3 aliphatic rings. The highest BCUT2D eigenvalue weighted by molar-refractivity contribution is 5.77. The zero-order chi connectivity index (χ0) is 17.5. The number of hydrogen-bond donors (Lipinski definition) is 1. The number of amides is 1. The fourth-order valence-corrected chi connectivity index (χ4v) is 4.86. The van der Waals surface area contributed by atoms with Crippen LogP contribution in [0.1, 0.15) is 77.6 Å². The lowest BCUT2D eigenvalue weighted by molar-refractivity contribution is -0.143. The topological polar surface area (TPSA) is 41.6 Å². The summed E-state index contributed by atoms with van der Waals surface area (Å²) >= 11 is 0. The van der Waals surface area contributed by atoms with E-state index in [4.69, 9.17) is 4.74 Å². The van der Waals surface area contributed by atoms with Crippen LogP contribution in [-0.4, -0.2) is 49.2 Å². The van der Waals surface area contributed by atoms with E-state index in [2.05, 4.69) is 17.1 Å². The zero-order valence-corrected chi connectivity index (χ0v) is 16.2. The summed E-state index contributed by atoms with van der Waals surface area (Å²) in [5.74, 6) is 1.75. The Morgan fingerprint density at radius 1 is 0.960 bits per heavy atom. The van der Waals surface area contributed by atoms with E-state index in [1.807, 2.05) is 0 Å². The normalized spacial score (nSPS) is 29.5. The molecular formula is C21H38N2O2. The van der Waals surface area contributed by atoms with Gasteiger partial charge < -0.3 is 15.0 Å². The average molecular weight is 351 g/mol. The first-order valence-electron chi connectivity index (χ1n) is 10.8. The third-order valence-electron chi connectivity index (χ3n) is 6.65. The number of carbonyl (C=O) groups excluding carboxylic acids is 1. The molecule has 4 heteroatoms. The highest BCUT2D eigenvalue weighted by Crippen LogP contribution is 2.27. The second-order valence-corrected chi connectivity index (χ2v) is 8.72. The minimum Gasteiger partial charge on any atom is -0.368 e. The Labute approximate surface area is 154 Å². The predicted octanol–water partition coefficient (Wildman–Crippen LogP) is 3.74. The number of nitrogens with one attached hydrogen (secondary N) is 1. The molecular weight excluding hydrogens is 312 g/mol. The summed E-state index contributed by atoms with van der Waals surface area (Å²) in [5.41, 5.74) is 0. The van der Waals surface area contributed by atoms with Crippen LogP contribution in [0, 0.1) is 11.8 Å². The van der Waals surface area contributed by atoms with Crippen molar-refractivity contribution in [1.82, 2.24) is 10.2 Å². The van der Waals surface area contributed by atoms with Gasteiger partial charge in [0.05, 0.1) is 6.10 Å². The molecule has 0 spiro atoms. The van der Waals surface area contributed by atoms with Crippen molar-refractivity contribution in [2.75, 3.05) is 26.2 Å². The molecule has 144 valence electrons. The number of piperidine rings is 1. The maximum absolute atomic E-state index is 13.0. The Morgan fingerprint density at radius 3 is 2.32 bits per heavy atom. The molecule has 2 aliphatic carbocycles. The molecule has 0 aromatic rings. The van der Waals surface area contributed by atoms with Gasteiger partial charge in [-0.05, 0) is 76.3 Å². The standard InChI is InChI=1S/C21H38N2O2/c1-17-7-9-20(10-8-17)25-16-21(24)23(19-5-3-2-4-6-19)15-18-11-13-22-14-12-18/h17-20,22H,2-16H2,1H3. The molecule has 25 heavy (non-hydrogen) atoms. The summed E-state index contributed by atoms with van der Waals surface area (Å²) in [4.78, 5) is 15.2. The molecule has 2 saturated carbocycles. The van der Waals surface area contributed by atoms with E-state index >= 15 is 0 Å². The Kier molecular flexibility index (Phi) is 7.60. The summed E-state index contributed by atoms with van der Waals surface area (Å²) in [7, 11) is 0. The number of carbonyl (C=O) groups is 1. The summed E-state index contributed by atoms with van der Waals surface area (Å²) in [6, 6.07) is 0.464. The van der Waals surface area contributed by atoms with Gasteiger partial charge in [-0.2, -0.15) is 0 Å². The second kappa shape index (κ2) is 9.91. The molecule has 0 aromatic carbocycles. The van der Waals surface area contributed by atoms with Gasteiger partial charge in [-0.3, -0.25) is 4.79 Å². The van der Waals surface area contributed by atoms with Crippen LogP contribution in [-0.2, 0) is 9.53 Å². The molecule has 0 atom stereocenters. The van der Waals surface area contributed by atoms with Gasteiger partial charge in [0.1, 0.15) is 6.61 Å². The van der Waals surface area contributed by atoms with Gasteiger partial charge >= 0.3 is 0 Å².